The minimum atomic E-state index is -3.62. The normalized spacial score (nSPS) is 18.2. The van der Waals surface area contributed by atoms with Gasteiger partial charge in [0.05, 0.1) is 23.0 Å². The lowest BCUT2D eigenvalue weighted by Crippen LogP contribution is -2.34. The van der Waals surface area contributed by atoms with Crippen LogP contribution in [0.15, 0.2) is 77.0 Å². The highest BCUT2D eigenvalue weighted by Gasteiger charge is 2.44. The van der Waals surface area contributed by atoms with E-state index in [1.54, 1.807) is 42.5 Å². The van der Waals surface area contributed by atoms with Gasteiger partial charge in [-0.2, -0.15) is 4.31 Å². The zero-order valence-electron chi connectivity index (χ0n) is 21.4. The van der Waals surface area contributed by atoms with Crippen molar-refractivity contribution in [2.75, 3.05) is 11.9 Å². The van der Waals surface area contributed by atoms with Crippen molar-refractivity contribution in [1.82, 2.24) is 9.29 Å². The van der Waals surface area contributed by atoms with Crippen molar-refractivity contribution in [3.63, 3.8) is 0 Å². The molecule has 0 radical (unpaired) electrons. The molecule has 1 aliphatic rings. The average Bonchev–Trinajstić information content (AvgIpc) is 3.70. The SMILES string of the molecule is CC(C)[C@H](c1ccc(Cl)cc1)[C@H](N=[N+]=[N-])C(=O)Nc1cncc(F)c1CCC1CN1S(=O)(=O)c1ccccc1. The van der Waals surface area contributed by atoms with Gasteiger partial charge in [-0.3, -0.25) is 9.78 Å². The first-order valence-corrected chi connectivity index (χ1v) is 14.2. The second-order valence-electron chi connectivity index (χ2n) is 9.69. The summed E-state index contributed by atoms with van der Waals surface area (Å²) in [5, 5.41) is 7.03. The molecule has 204 valence electrons. The first-order valence-electron chi connectivity index (χ1n) is 12.4. The predicted molar refractivity (Wildman–Crippen MR) is 147 cm³/mol. The molecule has 12 heteroatoms. The molecular formula is C27H28ClFN6O3S. The summed E-state index contributed by atoms with van der Waals surface area (Å²) in [6.07, 6.45) is 2.91. The topological polar surface area (TPSA) is 128 Å². The fraction of sp³-hybridized carbons (Fsp3) is 0.333. The van der Waals surface area contributed by atoms with Gasteiger partial charge in [-0.1, -0.05) is 60.9 Å². The zero-order chi connectivity index (χ0) is 28.2. The van der Waals surface area contributed by atoms with E-state index in [1.165, 1.54) is 22.6 Å². The second kappa shape index (κ2) is 12.1. The number of nitrogens with one attached hydrogen (secondary N) is 1. The second-order valence-corrected chi connectivity index (χ2v) is 12.0. The number of carbonyl (C=O) groups excluding carboxylic acids is 1. The van der Waals surface area contributed by atoms with Crippen LogP contribution < -0.4 is 5.32 Å². The van der Waals surface area contributed by atoms with Crippen molar-refractivity contribution in [2.45, 2.75) is 49.6 Å². The Labute approximate surface area is 231 Å². The van der Waals surface area contributed by atoms with E-state index in [2.05, 4.69) is 20.3 Å². The Hall–Kier alpha value is -3.50. The lowest BCUT2D eigenvalue weighted by Gasteiger charge is -2.27. The number of amides is 1. The Kier molecular flexibility index (Phi) is 8.87. The van der Waals surface area contributed by atoms with Crippen molar-refractivity contribution in [1.29, 1.82) is 0 Å². The Morgan fingerprint density at radius 3 is 2.54 bits per heavy atom. The summed E-state index contributed by atoms with van der Waals surface area (Å²) >= 11 is 6.02. The molecule has 1 aliphatic heterocycles. The lowest BCUT2D eigenvalue weighted by atomic mass is 9.82. The molecule has 1 N–H and O–H groups in total. The van der Waals surface area contributed by atoms with Crippen LogP contribution in [0.25, 0.3) is 10.4 Å². The van der Waals surface area contributed by atoms with Crippen LogP contribution in [0.5, 0.6) is 0 Å². The van der Waals surface area contributed by atoms with Crippen LogP contribution in [0, 0.1) is 11.7 Å². The maximum Gasteiger partial charge on any atom is 0.243 e. The Bertz CT molecular complexity index is 1480. The van der Waals surface area contributed by atoms with Crippen LogP contribution in [-0.4, -0.2) is 42.2 Å². The van der Waals surface area contributed by atoms with Crippen molar-refractivity contribution in [3.05, 3.63) is 99.4 Å². The molecule has 1 fully saturated rings. The Balaban J connectivity index is 1.51. The van der Waals surface area contributed by atoms with E-state index in [-0.39, 0.29) is 34.5 Å². The highest BCUT2D eigenvalue weighted by molar-refractivity contribution is 7.89. The Morgan fingerprint density at radius 1 is 1.21 bits per heavy atom. The third kappa shape index (κ3) is 6.57. The molecular weight excluding hydrogens is 543 g/mol. The van der Waals surface area contributed by atoms with Crippen molar-refractivity contribution in [3.8, 4) is 0 Å². The molecule has 39 heavy (non-hydrogen) atoms. The molecule has 1 aromatic heterocycles. The van der Waals surface area contributed by atoms with E-state index in [0.29, 0.717) is 18.0 Å². The van der Waals surface area contributed by atoms with Crippen LogP contribution in [0.4, 0.5) is 10.1 Å². The largest absolute Gasteiger partial charge is 0.324 e. The fourth-order valence-corrected chi connectivity index (χ4v) is 6.48. The van der Waals surface area contributed by atoms with Gasteiger partial charge < -0.3 is 5.32 Å². The smallest absolute Gasteiger partial charge is 0.243 e. The fourth-order valence-electron chi connectivity index (χ4n) is 4.72. The minimum absolute atomic E-state index is 0.0788. The van der Waals surface area contributed by atoms with Gasteiger partial charge in [0.2, 0.25) is 15.9 Å². The lowest BCUT2D eigenvalue weighted by molar-refractivity contribution is -0.118. The molecule has 0 aliphatic carbocycles. The number of carbonyl (C=O) groups is 1. The number of rotatable bonds is 11. The number of hydrogen-bond donors (Lipinski definition) is 1. The zero-order valence-corrected chi connectivity index (χ0v) is 23.0. The van der Waals surface area contributed by atoms with Crippen molar-refractivity contribution < 1.29 is 17.6 Å². The van der Waals surface area contributed by atoms with Crippen LogP contribution in [0.3, 0.4) is 0 Å². The predicted octanol–water partition coefficient (Wildman–Crippen LogP) is 5.94. The van der Waals surface area contributed by atoms with Crippen LogP contribution >= 0.6 is 11.6 Å². The molecule has 2 aromatic carbocycles. The van der Waals surface area contributed by atoms with Gasteiger partial charge in [0.15, 0.2) is 0 Å². The molecule has 4 atom stereocenters. The van der Waals surface area contributed by atoms with E-state index >= 15 is 0 Å². The third-order valence-electron chi connectivity index (χ3n) is 6.76. The minimum Gasteiger partial charge on any atom is -0.324 e. The molecule has 0 saturated carbocycles. The summed E-state index contributed by atoms with van der Waals surface area (Å²) < 4.78 is 41.9. The summed E-state index contributed by atoms with van der Waals surface area (Å²) in [4.78, 5) is 20.4. The van der Waals surface area contributed by atoms with E-state index in [4.69, 9.17) is 11.6 Å². The molecule has 0 spiro atoms. The van der Waals surface area contributed by atoms with Gasteiger partial charge in [-0.15, -0.1) is 0 Å². The van der Waals surface area contributed by atoms with Crippen LogP contribution in [-0.2, 0) is 21.2 Å². The van der Waals surface area contributed by atoms with Crippen LogP contribution in [0.2, 0.25) is 5.02 Å². The number of anilines is 1. The van der Waals surface area contributed by atoms with Crippen LogP contribution in [0.1, 0.15) is 37.3 Å². The maximum absolute atomic E-state index is 14.9. The van der Waals surface area contributed by atoms with Crippen molar-refractivity contribution >= 4 is 33.2 Å². The van der Waals surface area contributed by atoms with Gasteiger partial charge in [0.25, 0.3) is 0 Å². The van der Waals surface area contributed by atoms with Gasteiger partial charge >= 0.3 is 0 Å². The van der Waals surface area contributed by atoms with Gasteiger partial charge in [-0.25, -0.2) is 12.8 Å². The van der Waals surface area contributed by atoms with Gasteiger partial charge in [0.1, 0.15) is 11.9 Å². The quantitative estimate of drug-likeness (QED) is 0.132. The summed E-state index contributed by atoms with van der Waals surface area (Å²) in [7, 11) is -3.62. The number of halogens is 2. The third-order valence-corrected chi connectivity index (χ3v) is 8.95. The molecule has 3 aromatic rings. The number of nitrogens with zero attached hydrogens (tertiary/aromatic N) is 5. The number of pyridine rings is 1. The molecule has 9 nitrogen and oxygen atoms in total. The van der Waals surface area contributed by atoms with E-state index in [0.717, 1.165) is 11.8 Å². The number of aromatic nitrogens is 1. The average molecular weight is 571 g/mol. The van der Waals surface area contributed by atoms with E-state index in [9.17, 15) is 23.1 Å². The number of azide groups is 1. The summed E-state index contributed by atoms with van der Waals surface area (Å²) in [6, 6.07) is 13.7. The molecule has 1 amide bonds. The summed E-state index contributed by atoms with van der Waals surface area (Å²) in [5.74, 6) is -1.77. The number of hydrogen-bond acceptors (Lipinski definition) is 5. The van der Waals surface area contributed by atoms with Gasteiger partial charge in [0, 0.05) is 34.0 Å². The number of sulfonamides is 1. The molecule has 2 heterocycles. The first kappa shape index (κ1) is 28.5. The molecule has 0 bridgehead atoms. The maximum atomic E-state index is 14.9. The molecule has 2 unspecified atom stereocenters. The highest BCUT2D eigenvalue weighted by atomic mass is 35.5. The summed E-state index contributed by atoms with van der Waals surface area (Å²) in [5.41, 5.74) is 10.4. The van der Waals surface area contributed by atoms with Crippen molar-refractivity contribution in [2.24, 2.45) is 11.0 Å². The molecule has 4 rings (SSSR count). The Morgan fingerprint density at radius 2 is 1.90 bits per heavy atom. The number of benzene rings is 2. The van der Waals surface area contributed by atoms with Gasteiger partial charge in [-0.05, 0) is 54.1 Å². The van der Waals surface area contributed by atoms with E-state index in [1.807, 2.05) is 13.8 Å². The standard InChI is InChI=1S/C27H28ClFN6O3S/c1-17(2)25(18-8-10-19(28)11-9-18)26(33-34-30)27(36)32-24-15-31-14-23(29)22(24)13-12-20-16-35(20)39(37,38)21-6-4-3-5-7-21/h3-11,14-15,17,20,25-26H,12-13,16H2,1-2H3,(H,32,36)/t20?,25-,26+,35?/m1/s1. The first-order chi connectivity index (χ1) is 18.6. The molecule has 1 saturated heterocycles. The van der Waals surface area contributed by atoms with E-state index < -0.39 is 33.7 Å². The summed E-state index contributed by atoms with van der Waals surface area (Å²) in [6.45, 7) is 4.15. The monoisotopic (exact) mass is 570 g/mol. The highest BCUT2D eigenvalue weighted by Crippen LogP contribution is 2.34.